The van der Waals surface area contributed by atoms with E-state index in [2.05, 4.69) is 6.07 Å². The van der Waals surface area contributed by atoms with E-state index < -0.39 is 42.3 Å². The highest BCUT2D eigenvalue weighted by atomic mass is 15.2. The number of para-hydroxylation sites is 1. The van der Waals surface area contributed by atoms with Gasteiger partial charge in [-0.2, -0.15) is 9.97 Å². The molecular weight excluding hydrogens is 597 g/mol. The number of benzene rings is 7. The maximum absolute atomic E-state index is 9.18. The van der Waals surface area contributed by atoms with Crippen LogP contribution in [-0.2, 0) is 0 Å². The summed E-state index contributed by atoms with van der Waals surface area (Å²) in [5.74, 6) is 0.750. The van der Waals surface area contributed by atoms with Crippen molar-refractivity contribution in [2.24, 2.45) is 0 Å². The summed E-state index contributed by atoms with van der Waals surface area (Å²) >= 11 is 0. The smallest absolute Gasteiger partial charge is 0.238 e. The zero-order valence-electron chi connectivity index (χ0n) is 34.9. The normalized spacial score (nSPS) is 13.8. The molecular formula is C45H30N4. The number of fused-ring (bicyclic) bond motifs is 3. The van der Waals surface area contributed by atoms with Crippen LogP contribution in [0.4, 0.5) is 0 Å². The monoisotopic (exact) mass is 635 g/mol. The Kier molecular flexibility index (Phi) is 5.11. The topological polar surface area (TPSA) is 43.6 Å². The maximum atomic E-state index is 9.18. The van der Waals surface area contributed by atoms with Crippen LogP contribution in [0.2, 0.25) is 0 Å². The third kappa shape index (κ3) is 5.35. The van der Waals surface area contributed by atoms with E-state index in [4.69, 9.17) is 25.9 Å². The maximum Gasteiger partial charge on any atom is 0.238 e. The summed E-state index contributed by atoms with van der Waals surface area (Å²) in [6.45, 7) is 0. The zero-order valence-corrected chi connectivity index (χ0v) is 25.9. The van der Waals surface area contributed by atoms with Gasteiger partial charge in [-0.15, -0.1) is 0 Å². The molecule has 4 nitrogen and oxygen atoms in total. The predicted octanol–water partition coefficient (Wildman–Crippen LogP) is 11.3. The number of aromatic nitrogens is 4. The van der Waals surface area contributed by atoms with Gasteiger partial charge in [0.15, 0.2) is 11.6 Å². The van der Waals surface area contributed by atoms with E-state index in [-0.39, 0.29) is 40.1 Å². The number of rotatable bonds is 6. The zero-order chi connectivity index (χ0) is 40.4. The van der Waals surface area contributed by atoms with Crippen LogP contribution in [0.15, 0.2) is 182 Å². The van der Waals surface area contributed by atoms with E-state index in [9.17, 15) is 1.37 Å². The second-order valence-corrected chi connectivity index (χ2v) is 11.5. The van der Waals surface area contributed by atoms with Crippen LogP contribution in [-0.4, -0.2) is 19.5 Å². The first-order chi connectivity index (χ1) is 28.0. The lowest BCUT2D eigenvalue weighted by molar-refractivity contribution is 0.953. The van der Waals surface area contributed by atoms with Crippen LogP contribution >= 0.6 is 0 Å². The molecule has 0 atom stereocenters. The lowest BCUT2D eigenvalue weighted by atomic mass is 9.96. The molecule has 0 aliphatic carbocycles. The van der Waals surface area contributed by atoms with Crippen molar-refractivity contribution >= 4 is 21.8 Å². The van der Waals surface area contributed by atoms with Gasteiger partial charge in [0.25, 0.3) is 0 Å². The Labute approximate surface area is 297 Å². The SMILES string of the molecule is [2H]c1c([2H])c([2H])c(-c2ccc3c(c2)c2c([2H])c([2H])c([2H])c([2H])c2n3-c2nc(-c3ccccc3)nc(-c3cc(-c4ccccc4)cc(-c4ccccc4)c3)n2)c([2H])c1[2H]. The van der Waals surface area contributed by atoms with E-state index in [1.165, 1.54) is 0 Å². The first-order valence-electron chi connectivity index (χ1n) is 20.2. The van der Waals surface area contributed by atoms with E-state index in [1.807, 2.05) is 103 Å². The molecule has 0 amide bonds. The summed E-state index contributed by atoms with van der Waals surface area (Å²) in [7, 11) is 0. The van der Waals surface area contributed by atoms with Crippen LogP contribution in [0.3, 0.4) is 0 Å². The summed E-state index contributed by atoms with van der Waals surface area (Å²) in [6.07, 6.45) is 0. The first kappa shape index (κ1) is 20.6. The fraction of sp³-hybridized carbons (Fsp3) is 0. The molecule has 0 aliphatic heterocycles. The Bertz CT molecular complexity index is 3010. The van der Waals surface area contributed by atoms with Crippen molar-refractivity contribution in [3.05, 3.63) is 182 Å². The molecule has 9 rings (SSSR count). The number of hydrogen-bond donors (Lipinski definition) is 0. The minimum atomic E-state index is -0.518. The Balaban J connectivity index is 1.37. The molecule has 230 valence electrons. The summed E-state index contributed by atoms with van der Waals surface area (Å²) in [5.41, 5.74) is 6.01. The molecule has 0 spiro atoms. The van der Waals surface area contributed by atoms with Gasteiger partial charge < -0.3 is 0 Å². The van der Waals surface area contributed by atoms with Gasteiger partial charge in [0, 0.05) is 21.9 Å². The van der Waals surface area contributed by atoms with Crippen LogP contribution in [0.25, 0.3) is 83.9 Å². The molecule has 4 heteroatoms. The standard InChI is InChI=1S/C45H30N4/c1-5-15-31(16-6-1)35-25-26-42-40(30-35)39-23-13-14-24-41(39)49(42)45-47-43(34-21-11-4-12-22-34)46-44(48-45)38-28-36(32-17-7-2-8-18-32)27-37(29-38)33-19-9-3-10-20-33/h1-30H/i1D,5D,6D,13D,14D,15D,16D,23D,24D. The summed E-state index contributed by atoms with van der Waals surface area (Å²) < 4.78 is 79.1. The van der Waals surface area contributed by atoms with E-state index in [0.29, 0.717) is 33.7 Å². The fourth-order valence-corrected chi connectivity index (χ4v) is 6.14. The summed E-state index contributed by atoms with van der Waals surface area (Å²) in [5, 5.41) is 0.517. The quantitative estimate of drug-likeness (QED) is 0.183. The van der Waals surface area contributed by atoms with Crippen LogP contribution in [0.5, 0.6) is 0 Å². The second-order valence-electron chi connectivity index (χ2n) is 11.5. The van der Waals surface area contributed by atoms with E-state index >= 15 is 0 Å². The highest BCUT2D eigenvalue weighted by Crippen LogP contribution is 2.36. The Morgan fingerprint density at radius 1 is 0.367 bits per heavy atom. The molecule has 0 unspecified atom stereocenters. The second kappa shape index (κ2) is 12.2. The van der Waals surface area contributed by atoms with Crippen LogP contribution in [0.1, 0.15) is 12.3 Å². The Hall–Kier alpha value is -6.65. The lowest BCUT2D eigenvalue weighted by Crippen LogP contribution is -2.06. The fourth-order valence-electron chi connectivity index (χ4n) is 6.14. The van der Waals surface area contributed by atoms with Crippen molar-refractivity contribution in [2.75, 3.05) is 0 Å². The highest BCUT2D eigenvalue weighted by Gasteiger charge is 2.19. The van der Waals surface area contributed by atoms with Crippen molar-refractivity contribution in [2.45, 2.75) is 0 Å². The summed E-state index contributed by atoms with van der Waals surface area (Å²) in [6, 6.07) is 36.6. The minimum Gasteiger partial charge on any atom is -0.278 e. The first-order valence-corrected chi connectivity index (χ1v) is 15.7. The molecule has 49 heavy (non-hydrogen) atoms. The molecule has 2 aromatic heterocycles. The molecule has 7 aromatic carbocycles. The van der Waals surface area contributed by atoms with Gasteiger partial charge in [0.05, 0.1) is 23.4 Å². The van der Waals surface area contributed by atoms with Crippen molar-refractivity contribution in [3.63, 3.8) is 0 Å². The van der Waals surface area contributed by atoms with Gasteiger partial charge >= 0.3 is 0 Å². The van der Waals surface area contributed by atoms with Crippen molar-refractivity contribution in [1.82, 2.24) is 19.5 Å². The molecule has 0 saturated heterocycles. The average molecular weight is 636 g/mol. The molecule has 0 fully saturated rings. The minimum absolute atomic E-state index is 0.0315. The van der Waals surface area contributed by atoms with Gasteiger partial charge in [-0.25, -0.2) is 4.98 Å². The number of nitrogens with zero attached hydrogens (tertiary/aromatic N) is 4. The molecule has 9 aromatic rings. The molecule has 0 radical (unpaired) electrons. The largest absolute Gasteiger partial charge is 0.278 e. The summed E-state index contributed by atoms with van der Waals surface area (Å²) in [4.78, 5) is 15.0. The number of hydrogen-bond acceptors (Lipinski definition) is 3. The third-order valence-electron chi connectivity index (χ3n) is 8.45. The van der Waals surface area contributed by atoms with Crippen LogP contribution < -0.4 is 0 Å². The third-order valence-corrected chi connectivity index (χ3v) is 8.45. The molecule has 0 N–H and O–H groups in total. The van der Waals surface area contributed by atoms with Crippen LogP contribution in [0, 0.1) is 0 Å². The van der Waals surface area contributed by atoms with E-state index in [1.54, 1.807) is 22.8 Å². The average Bonchev–Trinajstić information content (AvgIpc) is 3.61. The van der Waals surface area contributed by atoms with Gasteiger partial charge in [-0.05, 0) is 69.8 Å². The van der Waals surface area contributed by atoms with Crippen molar-refractivity contribution in [3.8, 4) is 62.1 Å². The highest BCUT2D eigenvalue weighted by molar-refractivity contribution is 6.10. The van der Waals surface area contributed by atoms with Gasteiger partial charge in [0.1, 0.15) is 0 Å². The van der Waals surface area contributed by atoms with Gasteiger partial charge in [0.2, 0.25) is 5.95 Å². The van der Waals surface area contributed by atoms with Crippen molar-refractivity contribution in [1.29, 1.82) is 0 Å². The molecule has 0 aliphatic rings. The molecule has 2 heterocycles. The van der Waals surface area contributed by atoms with E-state index in [0.717, 1.165) is 22.3 Å². The Morgan fingerprint density at radius 3 is 1.57 bits per heavy atom. The Morgan fingerprint density at radius 2 is 0.918 bits per heavy atom. The van der Waals surface area contributed by atoms with Gasteiger partial charge in [-0.3, -0.25) is 4.57 Å². The van der Waals surface area contributed by atoms with Gasteiger partial charge in [-0.1, -0.05) is 145 Å². The molecule has 0 bridgehead atoms. The van der Waals surface area contributed by atoms with Crippen molar-refractivity contribution < 1.29 is 12.3 Å². The molecule has 0 saturated carbocycles. The predicted molar refractivity (Wildman–Crippen MR) is 201 cm³/mol. The lowest BCUT2D eigenvalue weighted by Gasteiger charge is -2.13.